The highest BCUT2D eigenvalue weighted by atomic mass is 16.5. The van der Waals surface area contributed by atoms with Crippen LogP contribution in [0.1, 0.15) is 11.1 Å². The first-order chi connectivity index (χ1) is 10.5. The van der Waals surface area contributed by atoms with Crippen LogP contribution in [-0.4, -0.2) is 54.8 Å². The molecule has 0 spiro atoms. The summed E-state index contributed by atoms with van der Waals surface area (Å²) < 4.78 is 10.4. The van der Waals surface area contributed by atoms with Gasteiger partial charge in [-0.25, -0.2) is 4.79 Å². The molecule has 1 fully saturated rings. The molecule has 1 heterocycles. The Morgan fingerprint density at radius 2 is 2.23 bits per heavy atom. The van der Waals surface area contributed by atoms with Crippen molar-refractivity contribution in [1.82, 2.24) is 4.90 Å². The van der Waals surface area contributed by atoms with Crippen molar-refractivity contribution in [2.75, 3.05) is 26.8 Å². The smallest absolute Gasteiger partial charge is 0.334 e. The lowest BCUT2D eigenvalue weighted by Gasteiger charge is -2.30. The van der Waals surface area contributed by atoms with E-state index < -0.39 is 12.1 Å². The molecule has 1 aliphatic heterocycles. The zero-order valence-electron chi connectivity index (χ0n) is 12.6. The fraction of sp³-hybridized carbons (Fsp3) is 0.375. The third kappa shape index (κ3) is 3.85. The molecule has 0 saturated carbocycles. The number of hydrogen-bond donors (Lipinski definition) is 1. The van der Waals surface area contributed by atoms with Gasteiger partial charge in [0.25, 0.3) is 0 Å². The van der Waals surface area contributed by atoms with Crippen LogP contribution in [0.3, 0.4) is 0 Å². The van der Waals surface area contributed by atoms with Gasteiger partial charge in [-0.05, 0) is 25.1 Å². The molecular formula is C16H19NO5. The van der Waals surface area contributed by atoms with Crippen molar-refractivity contribution in [2.45, 2.75) is 13.0 Å². The second kappa shape index (κ2) is 7.09. The lowest BCUT2D eigenvalue weighted by Crippen LogP contribution is -2.48. The highest BCUT2D eigenvalue weighted by Crippen LogP contribution is 2.21. The zero-order valence-corrected chi connectivity index (χ0v) is 12.6. The predicted octanol–water partition coefficient (Wildman–Crippen LogP) is 1.33. The number of carboxylic acid groups (broad SMARTS) is 1. The van der Waals surface area contributed by atoms with Gasteiger partial charge in [-0.1, -0.05) is 11.6 Å². The number of methoxy groups -OCH3 is 1. The number of benzene rings is 1. The number of aliphatic carboxylic acids is 1. The average Bonchev–Trinajstić information content (AvgIpc) is 2.52. The molecule has 1 unspecified atom stereocenters. The van der Waals surface area contributed by atoms with Gasteiger partial charge >= 0.3 is 5.97 Å². The second-order valence-corrected chi connectivity index (χ2v) is 5.06. The summed E-state index contributed by atoms with van der Waals surface area (Å²) in [5.74, 6) is -0.611. The van der Waals surface area contributed by atoms with Gasteiger partial charge in [0.05, 0.1) is 20.3 Å². The molecule has 1 aromatic carbocycles. The molecule has 6 heteroatoms. The van der Waals surface area contributed by atoms with E-state index in [0.29, 0.717) is 12.3 Å². The maximum Gasteiger partial charge on any atom is 0.334 e. The third-order valence-corrected chi connectivity index (χ3v) is 3.44. The van der Waals surface area contributed by atoms with Crippen LogP contribution in [0.5, 0.6) is 5.75 Å². The summed E-state index contributed by atoms with van der Waals surface area (Å²) >= 11 is 0. The van der Waals surface area contributed by atoms with Crippen LogP contribution in [0, 0.1) is 6.92 Å². The Bertz CT molecular complexity index is 596. The molecule has 1 aliphatic rings. The fourth-order valence-electron chi connectivity index (χ4n) is 2.25. The molecule has 1 aromatic rings. The standard InChI is InChI=1S/C16H19NO5/c1-11-3-5-13(21-2)12(9-11)4-6-15(18)17-7-8-22-14(10-17)16(19)20/h3-6,9,14H,7-8,10H2,1-2H3,(H,19,20)/b6-4+. The first-order valence-corrected chi connectivity index (χ1v) is 6.97. The minimum Gasteiger partial charge on any atom is -0.496 e. The second-order valence-electron chi connectivity index (χ2n) is 5.06. The van der Waals surface area contributed by atoms with Gasteiger partial charge in [-0.2, -0.15) is 0 Å². The Morgan fingerprint density at radius 3 is 2.91 bits per heavy atom. The number of ether oxygens (including phenoxy) is 2. The quantitative estimate of drug-likeness (QED) is 0.849. The number of hydrogen-bond acceptors (Lipinski definition) is 4. The summed E-state index contributed by atoms with van der Waals surface area (Å²) in [6.07, 6.45) is 2.15. The lowest BCUT2D eigenvalue weighted by atomic mass is 10.1. The highest BCUT2D eigenvalue weighted by Gasteiger charge is 2.27. The molecule has 0 bridgehead atoms. The summed E-state index contributed by atoms with van der Waals surface area (Å²) in [6, 6.07) is 5.69. The Labute approximate surface area is 128 Å². The number of carbonyl (C=O) groups excluding carboxylic acids is 1. The molecule has 0 aromatic heterocycles. The number of carboxylic acids is 1. The lowest BCUT2D eigenvalue weighted by molar-refractivity contribution is -0.158. The molecule has 118 valence electrons. The van der Waals surface area contributed by atoms with E-state index in [-0.39, 0.29) is 19.1 Å². The van der Waals surface area contributed by atoms with Crippen LogP contribution in [0.4, 0.5) is 0 Å². The van der Waals surface area contributed by atoms with Crippen LogP contribution in [0.15, 0.2) is 24.3 Å². The minimum absolute atomic E-state index is 0.0590. The molecule has 2 rings (SSSR count). The minimum atomic E-state index is -1.05. The van der Waals surface area contributed by atoms with Gasteiger partial charge < -0.3 is 19.5 Å². The number of aryl methyl sites for hydroxylation is 1. The van der Waals surface area contributed by atoms with Crippen molar-refractivity contribution in [3.8, 4) is 5.75 Å². The summed E-state index contributed by atoms with van der Waals surface area (Å²) in [5.41, 5.74) is 1.86. The van der Waals surface area contributed by atoms with Crippen LogP contribution in [-0.2, 0) is 14.3 Å². The molecule has 0 radical (unpaired) electrons. The monoisotopic (exact) mass is 305 g/mol. The van der Waals surface area contributed by atoms with E-state index in [1.165, 1.54) is 11.0 Å². The molecular weight excluding hydrogens is 286 g/mol. The Kier molecular flexibility index (Phi) is 5.16. The number of amides is 1. The van der Waals surface area contributed by atoms with E-state index in [2.05, 4.69) is 0 Å². The predicted molar refractivity (Wildman–Crippen MR) is 80.7 cm³/mol. The van der Waals surface area contributed by atoms with Crippen molar-refractivity contribution in [3.05, 3.63) is 35.4 Å². The van der Waals surface area contributed by atoms with E-state index in [4.69, 9.17) is 14.6 Å². The number of rotatable bonds is 4. The molecule has 1 saturated heterocycles. The summed E-state index contributed by atoms with van der Waals surface area (Å²) in [6.45, 7) is 2.63. The van der Waals surface area contributed by atoms with Crippen molar-refractivity contribution < 1.29 is 24.2 Å². The molecule has 0 aliphatic carbocycles. The largest absolute Gasteiger partial charge is 0.496 e. The van der Waals surface area contributed by atoms with Crippen molar-refractivity contribution >= 4 is 18.0 Å². The van der Waals surface area contributed by atoms with Gasteiger partial charge in [0.1, 0.15) is 5.75 Å². The summed E-state index contributed by atoms with van der Waals surface area (Å²) in [4.78, 5) is 24.6. The van der Waals surface area contributed by atoms with Gasteiger partial charge in [0, 0.05) is 18.2 Å². The number of morpholine rings is 1. The van der Waals surface area contributed by atoms with Crippen molar-refractivity contribution in [3.63, 3.8) is 0 Å². The molecule has 1 atom stereocenters. The first kappa shape index (κ1) is 16.0. The molecule has 22 heavy (non-hydrogen) atoms. The van der Waals surface area contributed by atoms with E-state index in [1.54, 1.807) is 13.2 Å². The zero-order chi connectivity index (χ0) is 16.1. The normalized spacial score (nSPS) is 18.5. The Morgan fingerprint density at radius 1 is 1.45 bits per heavy atom. The fourth-order valence-corrected chi connectivity index (χ4v) is 2.25. The average molecular weight is 305 g/mol. The third-order valence-electron chi connectivity index (χ3n) is 3.44. The Hall–Kier alpha value is -2.34. The van der Waals surface area contributed by atoms with E-state index in [9.17, 15) is 9.59 Å². The van der Waals surface area contributed by atoms with Gasteiger partial charge in [-0.15, -0.1) is 0 Å². The van der Waals surface area contributed by atoms with Gasteiger partial charge in [0.15, 0.2) is 6.10 Å². The van der Waals surface area contributed by atoms with E-state index in [0.717, 1.165) is 11.1 Å². The topological polar surface area (TPSA) is 76.1 Å². The van der Waals surface area contributed by atoms with Crippen LogP contribution < -0.4 is 4.74 Å². The maximum atomic E-state index is 12.2. The van der Waals surface area contributed by atoms with Gasteiger partial charge in [-0.3, -0.25) is 4.79 Å². The SMILES string of the molecule is COc1ccc(C)cc1/C=C/C(=O)N1CCOC(C(=O)O)C1. The maximum absolute atomic E-state index is 12.2. The van der Waals surface area contributed by atoms with Crippen LogP contribution >= 0.6 is 0 Å². The van der Waals surface area contributed by atoms with E-state index >= 15 is 0 Å². The number of carbonyl (C=O) groups is 2. The van der Waals surface area contributed by atoms with Crippen molar-refractivity contribution in [1.29, 1.82) is 0 Å². The van der Waals surface area contributed by atoms with Crippen LogP contribution in [0.2, 0.25) is 0 Å². The first-order valence-electron chi connectivity index (χ1n) is 6.97. The summed E-state index contributed by atoms with van der Waals surface area (Å²) in [7, 11) is 1.57. The summed E-state index contributed by atoms with van der Waals surface area (Å²) in [5, 5.41) is 8.95. The van der Waals surface area contributed by atoms with Crippen LogP contribution in [0.25, 0.3) is 6.08 Å². The Balaban J connectivity index is 2.08. The van der Waals surface area contributed by atoms with E-state index in [1.807, 2.05) is 25.1 Å². The highest BCUT2D eigenvalue weighted by molar-refractivity contribution is 5.92. The number of nitrogens with zero attached hydrogens (tertiary/aromatic N) is 1. The van der Waals surface area contributed by atoms with Crippen molar-refractivity contribution in [2.24, 2.45) is 0 Å². The molecule has 1 amide bonds. The van der Waals surface area contributed by atoms with Gasteiger partial charge in [0.2, 0.25) is 5.91 Å². The molecule has 6 nitrogen and oxygen atoms in total. The molecule has 1 N–H and O–H groups in total.